The zero-order valence-electron chi connectivity index (χ0n) is 16.5. The molecule has 3 rings (SSSR count). The van der Waals surface area contributed by atoms with Gasteiger partial charge in [0.25, 0.3) is 5.91 Å². The number of aliphatic imine (C=N–C) groups is 1. The Balaban J connectivity index is 1.65. The quantitative estimate of drug-likeness (QED) is 0.355. The minimum absolute atomic E-state index is 0.0484. The van der Waals surface area contributed by atoms with Gasteiger partial charge in [-0.1, -0.05) is 54.6 Å². The van der Waals surface area contributed by atoms with Gasteiger partial charge in [-0.2, -0.15) is 4.99 Å². The molecular weight excluding hydrogens is 416 g/mol. The van der Waals surface area contributed by atoms with Crippen LogP contribution in [-0.2, 0) is 26.0 Å². The van der Waals surface area contributed by atoms with Crippen molar-refractivity contribution in [2.75, 3.05) is 6.54 Å². The summed E-state index contributed by atoms with van der Waals surface area (Å²) in [5.41, 5.74) is 12.7. The second kappa shape index (κ2) is 9.61. The molecule has 0 aromatic heterocycles. The van der Waals surface area contributed by atoms with Crippen LogP contribution in [0.5, 0.6) is 0 Å². The topological polar surface area (TPSA) is 145 Å². The third kappa shape index (κ3) is 5.82. The summed E-state index contributed by atoms with van der Waals surface area (Å²) in [7, 11) is -3.89. The predicted octanol–water partition coefficient (Wildman–Crippen LogP) is 1.03. The summed E-state index contributed by atoms with van der Waals surface area (Å²) in [6, 6.07) is 18.1. The molecule has 0 saturated heterocycles. The van der Waals surface area contributed by atoms with Crippen LogP contribution in [0.1, 0.15) is 11.1 Å². The normalized spacial score (nSPS) is 13.1. The third-order valence-corrected chi connectivity index (χ3v) is 5.95. The minimum Gasteiger partial charge on any atom is -0.383 e. The van der Waals surface area contributed by atoms with E-state index in [2.05, 4.69) is 9.71 Å². The summed E-state index contributed by atoms with van der Waals surface area (Å²) >= 11 is 0. The lowest BCUT2D eigenvalue weighted by atomic mass is 10.1. The van der Waals surface area contributed by atoms with Gasteiger partial charge in [0.2, 0.25) is 16.3 Å². The first-order valence-corrected chi connectivity index (χ1v) is 10.8. The summed E-state index contributed by atoms with van der Waals surface area (Å²) in [5.74, 6) is -0.781. The lowest BCUT2D eigenvalue weighted by Gasteiger charge is -2.07. The Bertz CT molecular complexity index is 1240. The Morgan fingerprint density at radius 3 is 2.39 bits per heavy atom. The van der Waals surface area contributed by atoms with Crippen LogP contribution in [0.3, 0.4) is 0 Å². The number of nitrogens with two attached hydrogens (primary N) is 2. The van der Waals surface area contributed by atoms with E-state index in [1.165, 1.54) is 12.1 Å². The fourth-order valence-electron chi connectivity index (χ4n) is 2.92. The third-order valence-electron chi connectivity index (χ3n) is 4.55. The summed E-state index contributed by atoms with van der Waals surface area (Å²) in [6.07, 6.45) is 2.03. The molecule has 0 fully saturated rings. The highest BCUT2D eigenvalue weighted by atomic mass is 32.2. The molecule has 0 aliphatic heterocycles. The highest BCUT2D eigenvalue weighted by molar-refractivity contribution is 7.89. The molecule has 3 aromatic carbocycles. The lowest BCUT2D eigenvalue weighted by Crippen LogP contribution is -2.30. The van der Waals surface area contributed by atoms with Gasteiger partial charge in [0.15, 0.2) is 0 Å². The summed E-state index contributed by atoms with van der Waals surface area (Å²) in [5, 5.41) is 1.68. The van der Waals surface area contributed by atoms with Crippen molar-refractivity contribution in [3.8, 4) is 0 Å². The van der Waals surface area contributed by atoms with E-state index in [-0.39, 0.29) is 10.7 Å². The van der Waals surface area contributed by atoms with Gasteiger partial charge >= 0.3 is 0 Å². The zero-order chi connectivity index (χ0) is 22.4. The van der Waals surface area contributed by atoms with Gasteiger partial charge in [0.05, 0.1) is 17.5 Å². The Hall–Kier alpha value is -3.40. The molecule has 0 bridgehead atoms. The SMILES string of the molecule is NC(=NC(=O)CNS(=O)(=O)c1ccc2ccccc2c1)c1ccc(C[C@H](N)[C]=O)cc1. The molecule has 0 spiro atoms. The highest BCUT2D eigenvalue weighted by Gasteiger charge is 2.16. The second-order valence-corrected chi connectivity index (χ2v) is 8.62. The number of amides is 1. The van der Waals surface area contributed by atoms with Gasteiger partial charge in [0, 0.05) is 5.56 Å². The number of carbonyl (C=O) groups excluding carboxylic acids is 2. The number of rotatable bonds is 8. The van der Waals surface area contributed by atoms with E-state index in [9.17, 15) is 18.0 Å². The molecular formula is C22H21N4O4S. The molecule has 0 unspecified atom stereocenters. The van der Waals surface area contributed by atoms with E-state index in [1.807, 2.05) is 18.2 Å². The van der Waals surface area contributed by atoms with E-state index >= 15 is 0 Å². The van der Waals surface area contributed by atoms with Crippen molar-refractivity contribution in [3.05, 3.63) is 77.9 Å². The molecule has 3 aromatic rings. The van der Waals surface area contributed by atoms with Crippen LogP contribution in [0.25, 0.3) is 10.8 Å². The lowest BCUT2D eigenvalue weighted by molar-refractivity contribution is -0.116. The smallest absolute Gasteiger partial charge is 0.262 e. The first-order valence-electron chi connectivity index (χ1n) is 9.36. The molecule has 31 heavy (non-hydrogen) atoms. The zero-order valence-corrected chi connectivity index (χ0v) is 17.3. The second-order valence-electron chi connectivity index (χ2n) is 6.85. The van der Waals surface area contributed by atoms with Crippen molar-refractivity contribution in [2.45, 2.75) is 17.4 Å². The maximum Gasteiger partial charge on any atom is 0.262 e. The predicted molar refractivity (Wildman–Crippen MR) is 119 cm³/mol. The van der Waals surface area contributed by atoms with Crippen LogP contribution in [0.4, 0.5) is 0 Å². The Morgan fingerprint density at radius 1 is 1.03 bits per heavy atom. The van der Waals surface area contributed by atoms with Crippen LogP contribution in [0.2, 0.25) is 0 Å². The summed E-state index contributed by atoms with van der Waals surface area (Å²) in [6.45, 7) is -0.530. The average Bonchev–Trinajstić information content (AvgIpc) is 2.77. The Kier molecular flexibility index (Phi) is 6.91. The summed E-state index contributed by atoms with van der Waals surface area (Å²) < 4.78 is 27.3. The maximum atomic E-state index is 12.5. The molecule has 5 N–H and O–H groups in total. The number of carbonyl (C=O) groups is 1. The van der Waals surface area contributed by atoms with Crippen molar-refractivity contribution in [1.82, 2.24) is 4.72 Å². The fraction of sp³-hybridized carbons (Fsp3) is 0.136. The van der Waals surface area contributed by atoms with E-state index < -0.39 is 28.5 Å². The van der Waals surface area contributed by atoms with Crippen LogP contribution < -0.4 is 16.2 Å². The molecule has 159 valence electrons. The van der Waals surface area contributed by atoms with E-state index in [0.29, 0.717) is 12.0 Å². The number of sulfonamides is 1. The monoisotopic (exact) mass is 437 g/mol. The van der Waals surface area contributed by atoms with Gasteiger partial charge in [-0.3, -0.25) is 9.59 Å². The number of fused-ring (bicyclic) bond motifs is 1. The molecule has 0 heterocycles. The van der Waals surface area contributed by atoms with E-state index in [1.54, 1.807) is 42.7 Å². The number of hydrogen-bond acceptors (Lipinski definition) is 5. The van der Waals surface area contributed by atoms with E-state index in [0.717, 1.165) is 16.3 Å². The fourth-order valence-corrected chi connectivity index (χ4v) is 3.93. The molecule has 0 aliphatic rings. The molecule has 1 amide bonds. The Labute approximate surface area is 180 Å². The number of amidine groups is 1. The van der Waals surface area contributed by atoms with Crippen molar-refractivity contribution in [1.29, 1.82) is 0 Å². The number of benzene rings is 3. The van der Waals surface area contributed by atoms with Crippen molar-refractivity contribution < 1.29 is 18.0 Å². The first kappa shape index (κ1) is 22.3. The molecule has 1 atom stereocenters. The number of hydrogen-bond donors (Lipinski definition) is 3. The van der Waals surface area contributed by atoms with Gasteiger partial charge in [0.1, 0.15) is 5.84 Å². The largest absolute Gasteiger partial charge is 0.383 e. The summed E-state index contributed by atoms with van der Waals surface area (Å²) in [4.78, 5) is 26.4. The van der Waals surface area contributed by atoms with Crippen molar-refractivity contribution in [3.63, 3.8) is 0 Å². The standard InChI is InChI=1S/C22H21N4O4S/c23-19(14-27)11-15-5-7-17(8-6-15)22(24)26-21(28)13-25-31(29,30)20-10-9-16-3-1-2-4-18(16)12-20/h1-10,12,19,25H,11,13,23H2,(H2,24,26,28)/t19-/m0/s1. The maximum absolute atomic E-state index is 12.5. The molecule has 0 aliphatic carbocycles. The molecule has 0 saturated carbocycles. The van der Waals surface area contributed by atoms with Crippen molar-refractivity contribution in [2.24, 2.45) is 16.5 Å². The Morgan fingerprint density at radius 2 is 1.71 bits per heavy atom. The molecule has 9 heteroatoms. The van der Waals surface area contributed by atoms with Crippen molar-refractivity contribution >= 4 is 38.8 Å². The van der Waals surface area contributed by atoms with Gasteiger partial charge in [-0.15, -0.1) is 0 Å². The van der Waals surface area contributed by atoms with Gasteiger partial charge in [-0.05, 0) is 34.9 Å². The number of nitrogens with zero attached hydrogens (tertiary/aromatic N) is 1. The van der Waals surface area contributed by atoms with Crippen LogP contribution in [-0.4, -0.2) is 39.0 Å². The highest BCUT2D eigenvalue weighted by Crippen LogP contribution is 2.18. The van der Waals surface area contributed by atoms with E-state index in [4.69, 9.17) is 11.5 Å². The van der Waals surface area contributed by atoms with Crippen LogP contribution in [0, 0.1) is 0 Å². The molecule has 8 nitrogen and oxygen atoms in total. The number of nitrogens with one attached hydrogen (secondary N) is 1. The minimum atomic E-state index is -3.89. The molecule has 1 radical (unpaired) electrons. The first-order chi connectivity index (χ1) is 14.8. The average molecular weight is 438 g/mol. The van der Waals surface area contributed by atoms with Crippen LogP contribution >= 0.6 is 0 Å². The van der Waals surface area contributed by atoms with Gasteiger partial charge < -0.3 is 11.5 Å². The van der Waals surface area contributed by atoms with Crippen LogP contribution in [0.15, 0.2) is 76.6 Å². The van der Waals surface area contributed by atoms with Gasteiger partial charge in [-0.25, -0.2) is 13.1 Å².